The predicted molar refractivity (Wildman–Crippen MR) is 41.2 cm³/mol. The SMILES string of the molecule is CNCCC#CC(C)C. The van der Waals surface area contributed by atoms with Gasteiger partial charge in [-0.3, -0.25) is 0 Å². The van der Waals surface area contributed by atoms with Gasteiger partial charge in [0, 0.05) is 18.9 Å². The number of nitrogens with one attached hydrogen (secondary N) is 1. The molecule has 1 nitrogen and oxygen atoms in total. The molecule has 0 rings (SSSR count). The fourth-order valence-corrected chi connectivity index (χ4v) is 0.464. The smallest absolute Gasteiger partial charge is 0.0214 e. The minimum Gasteiger partial charge on any atom is -0.319 e. The van der Waals surface area contributed by atoms with Crippen LogP contribution in [0.3, 0.4) is 0 Å². The van der Waals surface area contributed by atoms with Gasteiger partial charge in [-0.15, -0.1) is 11.8 Å². The molecule has 0 spiro atoms. The van der Waals surface area contributed by atoms with E-state index >= 15 is 0 Å². The second kappa shape index (κ2) is 5.65. The molecule has 0 bridgehead atoms. The molecule has 0 aromatic heterocycles. The van der Waals surface area contributed by atoms with Crippen LogP contribution in [-0.4, -0.2) is 13.6 Å². The Balaban J connectivity index is 3.16. The van der Waals surface area contributed by atoms with E-state index in [1.165, 1.54) is 0 Å². The third kappa shape index (κ3) is 7.52. The summed E-state index contributed by atoms with van der Waals surface area (Å²) in [5.74, 6) is 6.68. The van der Waals surface area contributed by atoms with Crippen LogP contribution >= 0.6 is 0 Å². The molecule has 0 aromatic rings. The summed E-state index contributed by atoms with van der Waals surface area (Å²) in [6, 6.07) is 0. The maximum atomic E-state index is 3.09. The van der Waals surface area contributed by atoms with E-state index in [-0.39, 0.29) is 0 Å². The van der Waals surface area contributed by atoms with E-state index < -0.39 is 0 Å². The Morgan fingerprint density at radius 2 is 2.11 bits per heavy atom. The molecule has 0 aliphatic carbocycles. The Labute approximate surface area is 57.8 Å². The van der Waals surface area contributed by atoms with Gasteiger partial charge >= 0.3 is 0 Å². The van der Waals surface area contributed by atoms with Gasteiger partial charge in [-0.1, -0.05) is 13.8 Å². The van der Waals surface area contributed by atoms with Gasteiger partial charge in [0.1, 0.15) is 0 Å². The molecule has 0 aliphatic heterocycles. The van der Waals surface area contributed by atoms with E-state index in [9.17, 15) is 0 Å². The van der Waals surface area contributed by atoms with Gasteiger partial charge in [0.05, 0.1) is 0 Å². The van der Waals surface area contributed by atoms with Crippen molar-refractivity contribution in [2.45, 2.75) is 20.3 Å². The highest BCUT2D eigenvalue weighted by Gasteiger charge is 1.79. The Morgan fingerprint density at radius 1 is 1.44 bits per heavy atom. The van der Waals surface area contributed by atoms with Crippen molar-refractivity contribution in [1.29, 1.82) is 0 Å². The highest BCUT2D eigenvalue weighted by molar-refractivity contribution is 5.01. The molecule has 1 N–H and O–H groups in total. The molecule has 9 heavy (non-hydrogen) atoms. The van der Waals surface area contributed by atoms with Crippen molar-refractivity contribution >= 4 is 0 Å². The quantitative estimate of drug-likeness (QED) is 0.432. The maximum Gasteiger partial charge on any atom is 0.0214 e. The zero-order valence-corrected chi connectivity index (χ0v) is 6.49. The molecule has 0 saturated carbocycles. The summed E-state index contributed by atoms with van der Waals surface area (Å²) in [6.45, 7) is 5.21. The van der Waals surface area contributed by atoms with Crippen molar-refractivity contribution in [1.82, 2.24) is 5.32 Å². The first kappa shape index (κ1) is 8.52. The summed E-state index contributed by atoms with van der Waals surface area (Å²) >= 11 is 0. The lowest BCUT2D eigenvalue weighted by atomic mass is 10.2. The zero-order valence-electron chi connectivity index (χ0n) is 6.49. The lowest BCUT2D eigenvalue weighted by Gasteiger charge is -1.89. The minimum absolute atomic E-state index is 0.516. The van der Waals surface area contributed by atoms with E-state index in [2.05, 4.69) is 31.0 Å². The molecular weight excluding hydrogens is 110 g/mol. The summed E-state index contributed by atoms with van der Waals surface area (Å²) < 4.78 is 0. The summed E-state index contributed by atoms with van der Waals surface area (Å²) in [5.41, 5.74) is 0. The van der Waals surface area contributed by atoms with Gasteiger partial charge in [-0.05, 0) is 7.05 Å². The van der Waals surface area contributed by atoms with Crippen molar-refractivity contribution in [2.75, 3.05) is 13.6 Å². The molecular formula is C8H15N. The largest absolute Gasteiger partial charge is 0.319 e. The van der Waals surface area contributed by atoms with Crippen LogP contribution in [0.1, 0.15) is 20.3 Å². The van der Waals surface area contributed by atoms with Crippen LogP contribution < -0.4 is 5.32 Å². The molecule has 0 radical (unpaired) electrons. The molecule has 0 fully saturated rings. The molecule has 0 aliphatic rings. The number of hydrogen-bond acceptors (Lipinski definition) is 1. The number of hydrogen-bond donors (Lipinski definition) is 1. The monoisotopic (exact) mass is 125 g/mol. The first-order valence-electron chi connectivity index (χ1n) is 3.40. The van der Waals surface area contributed by atoms with E-state index in [1.807, 2.05) is 7.05 Å². The van der Waals surface area contributed by atoms with Crippen LogP contribution in [0, 0.1) is 17.8 Å². The first-order valence-corrected chi connectivity index (χ1v) is 3.40. The molecule has 0 atom stereocenters. The van der Waals surface area contributed by atoms with E-state index in [0.717, 1.165) is 13.0 Å². The Bertz CT molecular complexity index is 105. The topological polar surface area (TPSA) is 12.0 Å². The molecule has 1 heteroatoms. The molecule has 0 unspecified atom stereocenters. The fraction of sp³-hybridized carbons (Fsp3) is 0.750. The van der Waals surface area contributed by atoms with Crippen molar-refractivity contribution in [2.24, 2.45) is 5.92 Å². The Hall–Kier alpha value is -0.480. The van der Waals surface area contributed by atoms with Crippen molar-refractivity contribution in [3.05, 3.63) is 0 Å². The Kier molecular flexibility index (Phi) is 5.35. The molecule has 0 heterocycles. The Morgan fingerprint density at radius 3 is 2.56 bits per heavy atom. The zero-order chi connectivity index (χ0) is 7.11. The maximum absolute atomic E-state index is 3.09. The van der Waals surface area contributed by atoms with Crippen LogP contribution in [0.15, 0.2) is 0 Å². The third-order valence-electron chi connectivity index (χ3n) is 0.891. The van der Waals surface area contributed by atoms with Crippen LogP contribution in [-0.2, 0) is 0 Å². The second-order valence-electron chi connectivity index (χ2n) is 2.33. The molecule has 0 saturated heterocycles. The predicted octanol–water partition coefficient (Wildman–Crippen LogP) is 1.26. The highest BCUT2D eigenvalue weighted by atomic mass is 14.8. The van der Waals surface area contributed by atoms with Gasteiger partial charge in [-0.2, -0.15) is 0 Å². The highest BCUT2D eigenvalue weighted by Crippen LogP contribution is 1.85. The van der Waals surface area contributed by atoms with Crippen molar-refractivity contribution < 1.29 is 0 Å². The summed E-state index contributed by atoms with van der Waals surface area (Å²) in [4.78, 5) is 0. The van der Waals surface area contributed by atoms with Gasteiger partial charge in [0.25, 0.3) is 0 Å². The van der Waals surface area contributed by atoms with E-state index in [1.54, 1.807) is 0 Å². The normalized spacial score (nSPS) is 8.89. The summed E-state index contributed by atoms with van der Waals surface area (Å²) in [5, 5.41) is 3.04. The van der Waals surface area contributed by atoms with Gasteiger partial charge in [-0.25, -0.2) is 0 Å². The van der Waals surface area contributed by atoms with Crippen LogP contribution in [0.4, 0.5) is 0 Å². The van der Waals surface area contributed by atoms with Gasteiger partial charge < -0.3 is 5.32 Å². The summed E-state index contributed by atoms with van der Waals surface area (Å²) in [7, 11) is 1.94. The minimum atomic E-state index is 0.516. The standard InChI is InChI=1S/C8H15N/c1-8(2)6-4-5-7-9-3/h8-9H,5,7H2,1-3H3. The molecule has 0 amide bonds. The molecule has 0 aromatic carbocycles. The van der Waals surface area contributed by atoms with E-state index in [4.69, 9.17) is 0 Å². The average molecular weight is 125 g/mol. The van der Waals surface area contributed by atoms with Crippen LogP contribution in [0.5, 0.6) is 0 Å². The first-order chi connectivity index (χ1) is 4.27. The summed E-state index contributed by atoms with van der Waals surface area (Å²) in [6.07, 6.45) is 0.967. The lowest BCUT2D eigenvalue weighted by Crippen LogP contribution is -2.05. The van der Waals surface area contributed by atoms with Gasteiger partial charge in [0.15, 0.2) is 0 Å². The van der Waals surface area contributed by atoms with Gasteiger partial charge in [0.2, 0.25) is 0 Å². The van der Waals surface area contributed by atoms with Crippen molar-refractivity contribution in [3.63, 3.8) is 0 Å². The fourth-order valence-electron chi connectivity index (χ4n) is 0.464. The van der Waals surface area contributed by atoms with E-state index in [0.29, 0.717) is 5.92 Å². The van der Waals surface area contributed by atoms with Crippen LogP contribution in [0.2, 0.25) is 0 Å². The lowest BCUT2D eigenvalue weighted by molar-refractivity contribution is 0.812. The number of rotatable bonds is 2. The molecule has 52 valence electrons. The van der Waals surface area contributed by atoms with Crippen LogP contribution in [0.25, 0.3) is 0 Å². The second-order valence-corrected chi connectivity index (χ2v) is 2.33. The van der Waals surface area contributed by atoms with Crippen molar-refractivity contribution in [3.8, 4) is 11.8 Å². The average Bonchev–Trinajstić information content (AvgIpc) is 1.80. The third-order valence-corrected chi connectivity index (χ3v) is 0.891.